The maximum absolute atomic E-state index is 2.50. The van der Waals surface area contributed by atoms with Crippen molar-refractivity contribution >= 4 is 70.4 Å². The summed E-state index contributed by atoms with van der Waals surface area (Å²) in [5, 5.41) is 5.11. The number of anilines is 3. The van der Waals surface area contributed by atoms with Crippen molar-refractivity contribution in [1.29, 1.82) is 0 Å². The third kappa shape index (κ3) is 5.44. The minimum absolute atomic E-state index is 0.526. The zero-order valence-electron chi connectivity index (χ0n) is 34.9. The number of para-hydroxylation sites is 2. The van der Waals surface area contributed by atoms with Crippen LogP contribution in [0, 0.1) is 0 Å². The standard InChI is InChI=1S/C61H40N2S/c1-3-19-43(20-4-1)61(44-21-5-2-6-22-44)53-30-11-7-29-51(53)60-54(61)31-17-34-57(60)62(45-23-15-18-41(38-45)42-36-37-59-52(39-42)50-28-10-14-35-58(50)64-59)46-24-16-25-47(40-46)63-55-32-12-8-26-48(55)49-27-9-13-33-56(49)63/h1-40H. The van der Waals surface area contributed by atoms with Crippen LogP contribution >= 0.6 is 11.3 Å². The molecule has 64 heavy (non-hydrogen) atoms. The molecule has 2 aromatic heterocycles. The van der Waals surface area contributed by atoms with E-state index in [1.807, 2.05) is 11.3 Å². The van der Waals surface area contributed by atoms with Crippen molar-refractivity contribution in [2.75, 3.05) is 4.90 Å². The molecule has 3 heteroatoms. The Morgan fingerprint density at radius 2 is 0.938 bits per heavy atom. The van der Waals surface area contributed by atoms with Gasteiger partial charge in [-0.05, 0) is 106 Å². The molecule has 0 fully saturated rings. The molecule has 12 aromatic rings. The van der Waals surface area contributed by atoms with Crippen LogP contribution in [0.1, 0.15) is 22.3 Å². The minimum Gasteiger partial charge on any atom is -0.310 e. The Labute approximate surface area is 376 Å². The van der Waals surface area contributed by atoms with E-state index in [1.54, 1.807) is 0 Å². The molecule has 2 nitrogen and oxygen atoms in total. The normalized spacial score (nSPS) is 12.8. The number of rotatable bonds is 7. The maximum atomic E-state index is 2.50. The third-order valence-corrected chi connectivity index (χ3v) is 14.6. The molecule has 0 unspecified atom stereocenters. The Kier molecular flexibility index (Phi) is 8.34. The van der Waals surface area contributed by atoms with E-state index in [1.165, 1.54) is 86.5 Å². The van der Waals surface area contributed by atoms with Crippen molar-refractivity contribution < 1.29 is 0 Å². The highest BCUT2D eigenvalue weighted by atomic mass is 32.1. The van der Waals surface area contributed by atoms with Crippen LogP contribution in [0.3, 0.4) is 0 Å². The summed E-state index contributed by atoms with van der Waals surface area (Å²) in [5.74, 6) is 0. The first kappa shape index (κ1) is 36.7. The third-order valence-electron chi connectivity index (χ3n) is 13.4. The SMILES string of the molecule is c1ccc(C2(c3ccccc3)c3ccccc3-c3c(N(c4cccc(-c5ccc6sc7ccccc7c6c5)c4)c4cccc(-n5c6ccccc6c6ccccc65)c4)cccc32)cc1. The first-order chi connectivity index (χ1) is 31.8. The van der Waals surface area contributed by atoms with Gasteiger partial charge < -0.3 is 9.47 Å². The Bertz CT molecular complexity index is 3650. The monoisotopic (exact) mass is 832 g/mol. The Hall–Kier alpha value is -7.98. The Morgan fingerprint density at radius 3 is 1.69 bits per heavy atom. The number of aromatic nitrogens is 1. The Balaban J connectivity index is 1.08. The van der Waals surface area contributed by atoms with Crippen molar-refractivity contribution in [3.8, 4) is 27.9 Å². The van der Waals surface area contributed by atoms with E-state index in [0.717, 1.165) is 22.7 Å². The largest absolute Gasteiger partial charge is 0.310 e. The number of thiophene rings is 1. The second-order valence-corrected chi connectivity index (χ2v) is 17.9. The fraction of sp³-hybridized carbons (Fsp3) is 0.0164. The van der Waals surface area contributed by atoms with Crippen LogP contribution in [0.15, 0.2) is 243 Å². The lowest BCUT2D eigenvalue weighted by Gasteiger charge is -2.34. The molecule has 0 spiro atoms. The molecule has 0 amide bonds. The van der Waals surface area contributed by atoms with Crippen molar-refractivity contribution in [2.45, 2.75) is 5.41 Å². The molecular formula is C61H40N2S. The summed E-state index contributed by atoms with van der Waals surface area (Å²) in [6.07, 6.45) is 0. The number of fused-ring (bicyclic) bond motifs is 9. The van der Waals surface area contributed by atoms with E-state index in [4.69, 9.17) is 0 Å². The van der Waals surface area contributed by atoms with Gasteiger partial charge in [-0.25, -0.2) is 0 Å². The van der Waals surface area contributed by atoms with E-state index >= 15 is 0 Å². The first-order valence-electron chi connectivity index (χ1n) is 22.0. The predicted octanol–water partition coefficient (Wildman–Crippen LogP) is 16.7. The molecule has 13 rings (SSSR count). The number of benzene rings is 10. The van der Waals surface area contributed by atoms with Crippen molar-refractivity contribution in [3.05, 3.63) is 265 Å². The molecule has 0 saturated heterocycles. The van der Waals surface area contributed by atoms with Gasteiger partial charge in [-0.1, -0.05) is 176 Å². The van der Waals surface area contributed by atoms with Crippen molar-refractivity contribution in [3.63, 3.8) is 0 Å². The van der Waals surface area contributed by atoms with Crippen molar-refractivity contribution in [2.24, 2.45) is 0 Å². The highest BCUT2D eigenvalue weighted by molar-refractivity contribution is 7.25. The molecule has 0 radical (unpaired) electrons. The minimum atomic E-state index is -0.526. The summed E-state index contributed by atoms with van der Waals surface area (Å²) in [5.41, 5.74) is 16.2. The van der Waals surface area contributed by atoms with Crippen LogP contribution in [0.4, 0.5) is 17.1 Å². The first-order valence-corrected chi connectivity index (χ1v) is 22.8. The quantitative estimate of drug-likeness (QED) is 0.155. The van der Waals surface area contributed by atoms with Gasteiger partial charge in [-0.15, -0.1) is 11.3 Å². The maximum Gasteiger partial charge on any atom is 0.0714 e. The summed E-state index contributed by atoms with van der Waals surface area (Å²) in [7, 11) is 0. The average molecular weight is 833 g/mol. The van der Waals surface area contributed by atoms with Gasteiger partial charge in [0.2, 0.25) is 0 Å². The average Bonchev–Trinajstić information content (AvgIpc) is 4.01. The molecule has 2 heterocycles. The van der Waals surface area contributed by atoms with E-state index in [-0.39, 0.29) is 0 Å². The summed E-state index contributed by atoms with van der Waals surface area (Å²) in [6.45, 7) is 0. The number of nitrogens with zero attached hydrogens (tertiary/aromatic N) is 2. The molecule has 0 atom stereocenters. The lowest BCUT2D eigenvalue weighted by molar-refractivity contribution is 0.768. The predicted molar refractivity (Wildman–Crippen MR) is 271 cm³/mol. The van der Waals surface area contributed by atoms with E-state index in [0.29, 0.717) is 0 Å². The van der Waals surface area contributed by atoms with Gasteiger partial charge in [0.05, 0.1) is 22.1 Å². The molecule has 0 aliphatic heterocycles. The highest BCUT2D eigenvalue weighted by Crippen LogP contribution is 2.59. The summed E-state index contributed by atoms with van der Waals surface area (Å²) >= 11 is 1.86. The molecule has 10 aromatic carbocycles. The number of hydrogen-bond donors (Lipinski definition) is 0. The molecule has 300 valence electrons. The number of hydrogen-bond acceptors (Lipinski definition) is 2. The fourth-order valence-electron chi connectivity index (χ4n) is 10.8. The lowest BCUT2D eigenvalue weighted by Crippen LogP contribution is -2.28. The summed E-state index contributed by atoms with van der Waals surface area (Å²) in [4.78, 5) is 2.50. The van der Waals surface area contributed by atoms with E-state index in [9.17, 15) is 0 Å². The molecular weight excluding hydrogens is 793 g/mol. The molecule has 1 aliphatic rings. The molecule has 0 bridgehead atoms. The second-order valence-electron chi connectivity index (χ2n) is 16.8. The zero-order valence-corrected chi connectivity index (χ0v) is 35.7. The fourth-order valence-corrected chi connectivity index (χ4v) is 11.9. The van der Waals surface area contributed by atoms with Gasteiger partial charge in [-0.3, -0.25) is 0 Å². The van der Waals surface area contributed by atoms with Gasteiger partial charge in [0.1, 0.15) is 0 Å². The van der Waals surface area contributed by atoms with Crippen LogP contribution in [0.5, 0.6) is 0 Å². The smallest absolute Gasteiger partial charge is 0.0714 e. The van der Waals surface area contributed by atoms with Crippen LogP contribution in [0.2, 0.25) is 0 Å². The van der Waals surface area contributed by atoms with Gasteiger partial charge in [-0.2, -0.15) is 0 Å². The summed E-state index contributed by atoms with van der Waals surface area (Å²) in [6, 6.07) is 89.7. The van der Waals surface area contributed by atoms with Crippen LogP contribution in [0.25, 0.3) is 69.9 Å². The van der Waals surface area contributed by atoms with E-state index in [2.05, 4.69) is 252 Å². The highest BCUT2D eigenvalue weighted by Gasteiger charge is 2.47. The van der Waals surface area contributed by atoms with Crippen LogP contribution in [-0.2, 0) is 5.41 Å². The second kappa shape index (κ2) is 14.6. The van der Waals surface area contributed by atoms with E-state index < -0.39 is 5.41 Å². The lowest BCUT2D eigenvalue weighted by atomic mass is 9.68. The topological polar surface area (TPSA) is 8.17 Å². The van der Waals surface area contributed by atoms with Crippen LogP contribution < -0.4 is 4.90 Å². The molecule has 0 saturated carbocycles. The molecule has 1 aliphatic carbocycles. The van der Waals surface area contributed by atoms with Gasteiger partial charge in [0, 0.05) is 53.6 Å². The zero-order chi connectivity index (χ0) is 42.2. The van der Waals surface area contributed by atoms with Gasteiger partial charge in [0.25, 0.3) is 0 Å². The summed E-state index contributed by atoms with van der Waals surface area (Å²) < 4.78 is 5.05. The van der Waals surface area contributed by atoms with Crippen LogP contribution in [-0.4, -0.2) is 4.57 Å². The van der Waals surface area contributed by atoms with Gasteiger partial charge in [0.15, 0.2) is 0 Å². The molecule has 0 N–H and O–H groups in total. The van der Waals surface area contributed by atoms with Gasteiger partial charge >= 0.3 is 0 Å². The Morgan fingerprint density at radius 1 is 0.375 bits per heavy atom. The van der Waals surface area contributed by atoms with Crippen molar-refractivity contribution in [1.82, 2.24) is 4.57 Å².